The number of aliphatic hydroxyl groups is 10. The molecule has 38 heteroatoms. The molecule has 0 spiro atoms. The molecular formula is C77H128N6O32. The van der Waals surface area contributed by atoms with E-state index >= 15 is 0 Å². The third-order valence-corrected chi connectivity index (χ3v) is 17.9. The number of amides is 5. The number of carbonyl (C=O) groups is 7. The van der Waals surface area contributed by atoms with Crippen LogP contribution in [0.5, 0.6) is 0 Å². The fourth-order valence-electron chi connectivity index (χ4n) is 11.6. The van der Waals surface area contributed by atoms with Crippen LogP contribution in [0.4, 0.5) is 0 Å². The fraction of sp³-hybridized carbons (Fsp3) is 0.727. The highest BCUT2D eigenvalue weighted by molar-refractivity contribution is 5.79. The lowest BCUT2D eigenvalue weighted by atomic mass is 9.82. The first-order valence-corrected chi connectivity index (χ1v) is 38.9. The number of allylic oxidation sites excluding steroid dienone is 12. The summed E-state index contributed by atoms with van der Waals surface area (Å²) in [7, 11) is 0. The van der Waals surface area contributed by atoms with Gasteiger partial charge in [0.05, 0.1) is 173 Å². The molecule has 658 valence electrons. The van der Waals surface area contributed by atoms with Crippen molar-refractivity contribution in [2.45, 2.75) is 177 Å². The Kier molecular flexibility index (Phi) is 55.2. The van der Waals surface area contributed by atoms with Gasteiger partial charge in [-0.15, -0.1) is 0 Å². The van der Waals surface area contributed by atoms with Gasteiger partial charge in [0.1, 0.15) is 57.3 Å². The quantitative estimate of drug-likeness (QED) is 0.0208. The van der Waals surface area contributed by atoms with E-state index < -0.39 is 172 Å². The summed E-state index contributed by atoms with van der Waals surface area (Å²) in [6.45, 7) is 9.33. The van der Waals surface area contributed by atoms with E-state index in [1.165, 1.54) is 19.1 Å². The Morgan fingerprint density at radius 2 is 0.887 bits per heavy atom. The molecule has 3 aliphatic heterocycles. The number of hydrogen-bond donors (Lipinski definition) is 17. The van der Waals surface area contributed by atoms with Crippen LogP contribution in [0, 0.1) is 17.8 Å². The smallest absolute Gasteiger partial charge is 0.311 e. The van der Waals surface area contributed by atoms with Crippen molar-refractivity contribution in [1.82, 2.24) is 26.6 Å². The van der Waals surface area contributed by atoms with Crippen LogP contribution in [0.2, 0.25) is 0 Å². The number of aliphatic hydroxyl groups excluding tert-OH is 9. The Labute approximate surface area is 671 Å². The monoisotopic (exact) mass is 1650 g/mol. The van der Waals surface area contributed by atoms with Crippen LogP contribution in [-0.2, 0) is 99.9 Å². The zero-order valence-electron chi connectivity index (χ0n) is 66.4. The molecule has 0 aliphatic carbocycles. The second kappa shape index (κ2) is 61.8. The topological polar surface area (TPSA) is 557 Å². The summed E-state index contributed by atoms with van der Waals surface area (Å²) in [6.07, 6.45) is 0.525. The van der Waals surface area contributed by atoms with Gasteiger partial charge >= 0.3 is 11.9 Å². The van der Waals surface area contributed by atoms with Crippen molar-refractivity contribution in [3.05, 3.63) is 85.1 Å². The first-order chi connectivity index (χ1) is 55.1. The van der Waals surface area contributed by atoms with E-state index in [4.69, 9.17) is 72.0 Å². The number of fused-ring (bicyclic) bond motifs is 2. The number of ether oxygens (including phenoxy) is 14. The molecule has 0 saturated carbocycles. The summed E-state index contributed by atoms with van der Waals surface area (Å²) in [4.78, 5) is 86.8. The molecule has 5 amide bonds. The van der Waals surface area contributed by atoms with Gasteiger partial charge in [-0.25, -0.2) is 0 Å². The normalized spacial score (nSPS) is 30.6. The maximum Gasteiger partial charge on any atom is 0.311 e. The van der Waals surface area contributed by atoms with Crippen LogP contribution in [0.15, 0.2) is 85.1 Å². The lowest BCUT2D eigenvalue weighted by Crippen LogP contribution is -2.64. The van der Waals surface area contributed by atoms with Crippen molar-refractivity contribution in [3.8, 4) is 0 Å². The average Bonchev–Trinajstić information content (AvgIpc) is 0.784. The van der Waals surface area contributed by atoms with Crippen LogP contribution < -0.4 is 32.3 Å². The van der Waals surface area contributed by atoms with Gasteiger partial charge in [-0.05, 0) is 33.1 Å². The molecule has 0 radical (unpaired) electrons. The summed E-state index contributed by atoms with van der Waals surface area (Å²) >= 11 is 0. The van der Waals surface area contributed by atoms with Crippen molar-refractivity contribution < 1.29 is 156 Å². The van der Waals surface area contributed by atoms with Crippen LogP contribution in [0.1, 0.15) is 79.1 Å². The SMILES string of the molecule is C[C@H]1[C@H](O)[C@@H](C)/C=C/C=C/C=C/C=C/C=C/C=C/C=C/[C@H](O[C@@H]2O[C@H](C)[C@@H](O)[C@H](NC(=O)COCCOCCNC(=O)COCCOCCNC(=O)COCCOCCNC(=O)COCCOCCNC(=O)COCCOCCN)[C@@H]2O)C[C@@H]2O[C@](O)(C[C@@H](O)C[C@@H](O)[C@H](O)CC[C@@H](O)C[C@@H](O)CC(=O)O[C@@H]1C)C[C@H](O)[C@H]2C(=O)O. The van der Waals surface area contributed by atoms with Gasteiger partial charge in [0.2, 0.25) is 29.5 Å². The third kappa shape index (κ3) is 47.6. The van der Waals surface area contributed by atoms with Crippen molar-refractivity contribution in [3.63, 3.8) is 0 Å². The molecule has 19 atom stereocenters. The summed E-state index contributed by atoms with van der Waals surface area (Å²) in [5, 5.41) is 135. The number of carboxylic acids is 1. The summed E-state index contributed by atoms with van der Waals surface area (Å²) in [5.74, 6) is -9.41. The molecule has 3 aliphatic rings. The number of aliphatic carboxylic acids is 1. The Hall–Kier alpha value is -6.49. The number of esters is 1. The number of hydrogen-bond acceptors (Lipinski definition) is 32. The second-order valence-electron chi connectivity index (χ2n) is 27.6. The van der Waals surface area contributed by atoms with E-state index in [1.807, 2.05) is 6.92 Å². The number of nitrogens with one attached hydrogen (secondary N) is 5. The number of cyclic esters (lactones) is 1. The van der Waals surface area contributed by atoms with Crippen LogP contribution >= 0.6 is 0 Å². The standard InChI is InChI=1S/C77H128N6O32/c1-52-17-15-13-11-9-7-5-6-8-10-12-14-16-18-59(44-63-70(75(99)100)62(89)46-77(101,115-63)45-58(86)42-61(88)60(87)20-19-56(84)41-57(85)43-69(95)112-54(3)53(2)72(52)96)114-76-74(98)71(73(97)55(4)113-76)83-68(94)51-111-40-35-106-30-25-82-67(93)50-110-39-34-105-29-24-81-66(92)49-109-38-33-104-28-23-80-65(91)48-108-37-32-103-27-22-79-64(90)47-107-36-31-102-26-21-78/h5-18,52-63,70-74,76,84-89,96-98,101H,19-51,78H2,1-4H3,(H,79,90)(H,80,91)(H,81,92)(H,82,93)(H,83,94)(H,99,100)/b6-5+,9-7+,10-8+,13-11+,14-12+,17-15+,18-16+/t52-,53+,54+,55+,56+,57+,58-,59-,60+,61+,62-,63-,70+,71-,72+,73+,74-,76-,77+/m0/s1. The van der Waals surface area contributed by atoms with Crippen molar-refractivity contribution >= 4 is 41.5 Å². The minimum absolute atomic E-state index is 0.00836. The zero-order valence-corrected chi connectivity index (χ0v) is 66.4. The van der Waals surface area contributed by atoms with Gasteiger partial charge in [-0.3, -0.25) is 33.6 Å². The summed E-state index contributed by atoms with van der Waals surface area (Å²) in [6, 6.07) is -1.42. The molecule has 0 aromatic carbocycles. The molecular weight excluding hydrogens is 1520 g/mol. The van der Waals surface area contributed by atoms with Crippen molar-refractivity contribution in [2.75, 3.05) is 165 Å². The largest absolute Gasteiger partial charge is 0.481 e. The molecule has 3 heterocycles. The summed E-state index contributed by atoms with van der Waals surface area (Å²) in [5.41, 5.74) is 5.32. The van der Waals surface area contributed by atoms with Gasteiger partial charge < -0.3 is 155 Å². The minimum Gasteiger partial charge on any atom is -0.481 e. The van der Waals surface area contributed by atoms with Crippen LogP contribution in [0.25, 0.3) is 0 Å². The first kappa shape index (κ1) is 103. The van der Waals surface area contributed by atoms with E-state index in [1.54, 1.807) is 86.8 Å². The average molecular weight is 1650 g/mol. The predicted molar refractivity (Wildman–Crippen MR) is 410 cm³/mol. The lowest BCUT2D eigenvalue weighted by Gasteiger charge is -2.45. The maximum atomic E-state index is 13.2. The predicted octanol–water partition coefficient (Wildman–Crippen LogP) is -3.54. The Balaban J connectivity index is 1.41. The number of carbonyl (C=O) groups excluding carboxylic acids is 6. The molecule has 115 heavy (non-hydrogen) atoms. The highest BCUT2D eigenvalue weighted by Crippen LogP contribution is 2.38. The number of carboxylic acid groups (broad SMARTS) is 1. The Bertz CT molecular complexity index is 2930. The van der Waals surface area contributed by atoms with E-state index in [2.05, 4.69) is 26.6 Å². The zero-order chi connectivity index (χ0) is 84.6. The van der Waals surface area contributed by atoms with Gasteiger partial charge in [-0.2, -0.15) is 0 Å². The highest BCUT2D eigenvalue weighted by Gasteiger charge is 2.51. The second-order valence-corrected chi connectivity index (χ2v) is 27.6. The maximum absolute atomic E-state index is 13.2. The van der Waals surface area contributed by atoms with Crippen LogP contribution in [-0.4, -0.2) is 360 Å². The van der Waals surface area contributed by atoms with Crippen molar-refractivity contribution in [1.29, 1.82) is 0 Å². The van der Waals surface area contributed by atoms with E-state index in [-0.39, 0.29) is 175 Å². The molecule has 0 aromatic rings. The molecule has 2 bridgehead atoms. The molecule has 2 fully saturated rings. The van der Waals surface area contributed by atoms with Gasteiger partial charge in [0.15, 0.2) is 12.1 Å². The fourth-order valence-corrected chi connectivity index (χ4v) is 11.6. The lowest BCUT2D eigenvalue weighted by molar-refractivity contribution is -0.309. The molecule has 2 saturated heterocycles. The summed E-state index contributed by atoms with van der Waals surface area (Å²) < 4.78 is 77.0. The van der Waals surface area contributed by atoms with E-state index in [9.17, 15) is 89.7 Å². The van der Waals surface area contributed by atoms with Gasteiger partial charge in [0.25, 0.3) is 0 Å². The van der Waals surface area contributed by atoms with Crippen LogP contribution in [0.3, 0.4) is 0 Å². The number of nitrogens with two attached hydrogens (primary N) is 1. The Morgan fingerprint density at radius 3 is 1.34 bits per heavy atom. The molecule has 38 nitrogen and oxygen atoms in total. The van der Waals surface area contributed by atoms with E-state index in [0.717, 1.165) is 0 Å². The van der Waals surface area contributed by atoms with E-state index in [0.29, 0.717) is 26.3 Å². The molecule has 3 rings (SSSR count). The van der Waals surface area contributed by atoms with Gasteiger partial charge in [-0.1, -0.05) is 98.9 Å². The van der Waals surface area contributed by atoms with Crippen molar-refractivity contribution in [2.24, 2.45) is 23.5 Å². The first-order valence-electron chi connectivity index (χ1n) is 38.9. The minimum atomic E-state index is -2.44. The van der Waals surface area contributed by atoms with Gasteiger partial charge in [0, 0.05) is 70.2 Å². The highest BCUT2D eigenvalue weighted by atomic mass is 16.7. The molecule has 18 N–H and O–H groups in total. The Morgan fingerprint density at radius 1 is 0.461 bits per heavy atom. The molecule has 0 aromatic heterocycles. The molecule has 0 unspecified atom stereocenters. The third-order valence-electron chi connectivity index (χ3n) is 17.9. The number of rotatable bonds is 43.